The Morgan fingerprint density at radius 1 is 1.25 bits per heavy atom. The van der Waals surface area contributed by atoms with Crippen molar-refractivity contribution in [3.8, 4) is 17.1 Å². The Kier molecular flexibility index (Phi) is 10.1. The van der Waals surface area contributed by atoms with E-state index in [4.69, 9.17) is 16.1 Å². The third kappa shape index (κ3) is 7.59. The molecular formula is C21H23ClF2IN5O2. The summed E-state index contributed by atoms with van der Waals surface area (Å²) in [6.07, 6.45) is 0.514. The van der Waals surface area contributed by atoms with Crippen LogP contribution in [-0.4, -0.2) is 48.3 Å². The lowest BCUT2D eigenvalue weighted by Crippen LogP contribution is -2.39. The molecule has 1 heterocycles. The maximum Gasteiger partial charge on any atom is 0.387 e. The molecule has 0 saturated heterocycles. The second-order valence-electron chi connectivity index (χ2n) is 6.62. The number of halogens is 4. The monoisotopic (exact) mass is 577 g/mol. The molecule has 3 aromatic rings. The number of benzene rings is 2. The van der Waals surface area contributed by atoms with E-state index in [2.05, 4.69) is 25.2 Å². The highest BCUT2D eigenvalue weighted by Gasteiger charge is 2.11. The van der Waals surface area contributed by atoms with Gasteiger partial charge in [-0.25, -0.2) is 0 Å². The van der Waals surface area contributed by atoms with Crippen LogP contribution in [0.1, 0.15) is 11.5 Å². The minimum atomic E-state index is -2.84. The smallest absolute Gasteiger partial charge is 0.387 e. The van der Waals surface area contributed by atoms with Crippen LogP contribution in [0.15, 0.2) is 58.0 Å². The Morgan fingerprint density at radius 2 is 2.00 bits per heavy atom. The Bertz CT molecular complexity index is 1020. The molecule has 32 heavy (non-hydrogen) atoms. The van der Waals surface area contributed by atoms with Crippen molar-refractivity contribution in [2.75, 3.05) is 20.6 Å². The van der Waals surface area contributed by atoms with Crippen LogP contribution in [0.4, 0.5) is 8.78 Å². The predicted molar refractivity (Wildman–Crippen MR) is 130 cm³/mol. The maximum absolute atomic E-state index is 12.3. The van der Waals surface area contributed by atoms with Crippen molar-refractivity contribution in [1.29, 1.82) is 0 Å². The molecular weight excluding hydrogens is 555 g/mol. The van der Waals surface area contributed by atoms with Crippen molar-refractivity contribution < 1.29 is 18.0 Å². The number of aliphatic imine (C=N–C) groups is 1. The van der Waals surface area contributed by atoms with E-state index in [1.54, 1.807) is 31.3 Å². The number of hydrogen-bond donors (Lipinski definition) is 1. The average molecular weight is 578 g/mol. The summed E-state index contributed by atoms with van der Waals surface area (Å²) >= 11 is 6.00. The van der Waals surface area contributed by atoms with Crippen LogP contribution >= 0.6 is 35.6 Å². The van der Waals surface area contributed by atoms with Gasteiger partial charge in [0, 0.05) is 44.2 Å². The molecule has 11 heteroatoms. The lowest BCUT2D eigenvalue weighted by molar-refractivity contribution is -0.0498. The summed E-state index contributed by atoms with van der Waals surface area (Å²) < 4.78 is 34.2. The van der Waals surface area contributed by atoms with Crippen LogP contribution in [-0.2, 0) is 13.0 Å². The van der Waals surface area contributed by atoms with Crippen molar-refractivity contribution in [3.63, 3.8) is 0 Å². The minimum absolute atomic E-state index is 0. The molecule has 1 aromatic heterocycles. The summed E-state index contributed by atoms with van der Waals surface area (Å²) in [5, 5.41) is 7.83. The topological polar surface area (TPSA) is 75.8 Å². The number of alkyl halides is 2. The van der Waals surface area contributed by atoms with Crippen molar-refractivity contribution >= 4 is 41.5 Å². The highest BCUT2D eigenvalue weighted by molar-refractivity contribution is 14.0. The second kappa shape index (κ2) is 12.5. The molecule has 0 amide bonds. The molecule has 7 nitrogen and oxygen atoms in total. The van der Waals surface area contributed by atoms with Gasteiger partial charge in [0.25, 0.3) is 0 Å². The summed E-state index contributed by atoms with van der Waals surface area (Å²) in [6, 6.07) is 13.7. The molecule has 1 N–H and O–H groups in total. The first-order valence-corrected chi connectivity index (χ1v) is 9.86. The van der Waals surface area contributed by atoms with E-state index in [0.29, 0.717) is 42.2 Å². The Morgan fingerprint density at radius 3 is 2.66 bits per heavy atom. The molecule has 0 atom stereocenters. The Hall–Kier alpha value is -2.47. The number of hydrogen-bond acceptors (Lipinski definition) is 5. The third-order valence-electron chi connectivity index (χ3n) is 4.31. The zero-order valence-corrected chi connectivity index (χ0v) is 20.6. The van der Waals surface area contributed by atoms with E-state index in [-0.39, 0.29) is 29.7 Å². The molecule has 2 aromatic carbocycles. The molecule has 0 fully saturated rings. The highest BCUT2D eigenvalue weighted by atomic mass is 127. The van der Waals surface area contributed by atoms with Gasteiger partial charge >= 0.3 is 6.61 Å². The van der Waals surface area contributed by atoms with E-state index in [1.807, 2.05) is 24.1 Å². The van der Waals surface area contributed by atoms with Gasteiger partial charge in [-0.05, 0) is 29.8 Å². The molecule has 0 saturated carbocycles. The van der Waals surface area contributed by atoms with Gasteiger partial charge in [0.15, 0.2) is 5.96 Å². The van der Waals surface area contributed by atoms with Gasteiger partial charge in [0.2, 0.25) is 11.7 Å². The van der Waals surface area contributed by atoms with Gasteiger partial charge in [-0.1, -0.05) is 41.0 Å². The first-order valence-electron chi connectivity index (χ1n) is 9.48. The molecule has 0 aliphatic rings. The van der Waals surface area contributed by atoms with Crippen molar-refractivity contribution in [2.24, 2.45) is 4.99 Å². The molecule has 0 spiro atoms. The number of aromatic nitrogens is 2. The summed E-state index contributed by atoms with van der Waals surface area (Å²) in [6.45, 7) is -1.76. The Labute approximate surface area is 206 Å². The molecule has 0 unspecified atom stereocenters. The first kappa shape index (κ1) is 25.8. The van der Waals surface area contributed by atoms with E-state index in [0.717, 1.165) is 11.1 Å². The lowest BCUT2D eigenvalue weighted by atomic mass is 10.2. The van der Waals surface area contributed by atoms with Crippen molar-refractivity contribution in [2.45, 2.75) is 19.6 Å². The molecule has 3 rings (SSSR count). The predicted octanol–water partition coefficient (Wildman–Crippen LogP) is 4.86. The average Bonchev–Trinajstić information content (AvgIpc) is 3.21. The largest absolute Gasteiger partial charge is 0.435 e. The Balaban J connectivity index is 0.00000363. The fourth-order valence-corrected chi connectivity index (χ4v) is 3.08. The quantitative estimate of drug-likeness (QED) is 0.234. The van der Waals surface area contributed by atoms with Crippen LogP contribution in [0.25, 0.3) is 11.4 Å². The normalized spacial score (nSPS) is 11.2. The first-order chi connectivity index (χ1) is 14.9. The van der Waals surface area contributed by atoms with Crippen molar-refractivity contribution in [3.05, 3.63) is 65.0 Å². The SMILES string of the molecule is CN=C(NCCc1nc(-c2cccc(Cl)c2)no1)N(C)Cc1ccc(OC(F)F)cc1.I. The zero-order valence-electron chi connectivity index (χ0n) is 17.5. The van der Waals surface area contributed by atoms with Gasteiger partial charge in [-0.15, -0.1) is 24.0 Å². The summed E-state index contributed by atoms with van der Waals surface area (Å²) in [7, 11) is 3.56. The highest BCUT2D eigenvalue weighted by Crippen LogP contribution is 2.20. The lowest BCUT2D eigenvalue weighted by Gasteiger charge is -2.22. The van der Waals surface area contributed by atoms with Gasteiger partial charge in [-0.2, -0.15) is 13.8 Å². The summed E-state index contributed by atoms with van der Waals surface area (Å²) in [5.74, 6) is 1.77. The molecule has 0 aliphatic heterocycles. The van der Waals surface area contributed by atoms with Gasteiger partial charge in [0.1, 0.15) is 5.75 Å². The standard InChI is InChI=1S/C21H22ClF2N5O2.HI/c1-25-21(29(2)13-14-6-8-17(9-7-14)30-20(23)24)26-11-10-18-27-19(28-31-18)15-4-3-5-16(22)12-15;/h3-9,12,20H,10-11,13H2,1-2H3,(H,25,26);1H. The number of guanidine groups is 1. The zero-order chi connectivity index (χ0) is 22.2. The number of nitrogens with zero attached hydrogens (tertiary/aromatic N) is 4. The van der Waals surface area contributed by atoms with Gasteiger partial charge in [0.05, 0.1) is 0 Å². The number of ether oxygens (including phenoxy) is 1. The van der Waals surface area contributed by atoms with Crippen LogP contribution in [0.3, 0.4) is 0 Å². The van der Waals surface area contributed by atoms with Crippen LogP contribution in [0.2, 0.25) is 5.02 Å². The number of rotatable bonds is 8. The van der Waals surface area contributed by atoms with Crippen LogP contribution in [0, 0.1) is 0 Å². The fraction of sp³-hybridized carbons (Fsp3) is 0.286. The van der Waals surface area contributed by atoms with E-state index in [9.17, 15) is 8.78 Å². The second-order valence-corrected chi connectivity index (χ2v) is 7.06. The molecule has 0 bridgehead atoms. The van der Waals surface area contributed by atoms with Crippen LogP contribution in [0.5, 0.6) is 5.75 Å². The number of nitrogens with one attached hydrogen (secondary N) is 1. The molecule has 0 radical (unpaired) electrons. The summed E-state index contributed by atoms with van der Waals surface area (Å²) in [5.41, 5.74) is 1.71. The fourth-order valence-electron chi connectivity index (χ4n) is 2.89. The minimum Gasteiger partial charge on any atom is -0.435 e. The van der Waals surface area contributed by atoms with E-state index < -0.39 is 6.61 Å². The van der Waals surface area contributed by atoms with Gasteiger partial charge < -0.3 is 19.5 Å². The maximum atomic E-state index is 12.3. The molecule has 0 aliphatic carbocycles. The van der Waals surface area contributed by atoms with Crippen LogP contribution < -0.4 is 10.1 Å². The summed E-state index contributed by atoms with van der Waals surface area (Å²) in [4.78, 5) is 10.6. The van der Waals surface area contributed by atoms with Crippen molar-refractivity contribution in [1.82, 2.24) is 20.4 Å². The molecule has 172 valence electrons. The van der Waals surface area contributed by atoms with Gasteiger partial charge in [-0.3, -0.25) is 4.99 Å². The van der Waals surface area contributed by atoms with E-state index >= 15 is 0 Å². The van der Waals surface area contributed by atoms with E-state index in [1.165, 1.54) is 12.1 Å². The third-order valence-corrected chi connectivity index (χ3v) is 4.55.